The van der Waals surface area contributed by atoms with Crippen molar-refractivity contribution in [2.45, 2.75) is 25.8 Å². The number of piperidine rings is 1. The highest BCUT2D eigenvalue weighted by molar-refractivity contribution is 7.07. The highest BCUT2D eigenvalue weighted by Gasteiger charge is 2.42. The largest absolute Gasteiger partial charge is 0.337 e. The molecule has 4 rings (SSSR count). The van der Waals surface area contributed by atoms with Crippen molar-refractivity contribution < 1.29 is 4.79 Å². The minimum absolute atomic E-state index is 0.0264. The third-order valence-corrected chi connectivity index (χ3v) is 5.97. The lowest BCUT2D eigenvalue weighted by atomic mass is 9.79. The van der Waals surface area contributed by atoms with Gasteiger partial charge in [0, 0.05) is 44.0 Å². The monoisotopic (exact) mass is 342 g/mol. The summed E-state index contributed by atoms with van der Waals surface area (Å²) in [5, 5.41) is 4.37. The molecule has 0 saturated carbocycles. The van der Waals surface area contributed by atoms with Crippen LogP contribution in [0.3, 0.4) is 0 Å². The summed E-state index contributed by atoms with van der Waals surface area (Å²) in [5.74, 6) is 0.0264. The van der Waals surface area contributed by atoms with E-state index in [2.05, 4.69) is 31.7 Å². The van der Waals surface area contributed by atoms with E-state index in [9.17, 15) is 4.79 Å². The standard InChI is InChI=1S/C18H22N4OS/c23-17(16-10-19-5-6-20-16)22-7-1-3-18(14-22)4-8-21(13-18)11-15-2-9-24-12-15/h2,5-6,9-10,12H,1,3-4,7-8,11,13-14H2/t18-/m0/s1. The van der Waals surface area contributed by atoms with Gasteiger partial charge in [0.05, 0.1) is 6.20 Å². The van der Waals surface area contributed by atoms with Crippen LogP contribution in [0.2, 0.25) is 0 Å². The van der Waals surface area contributed by atoms with Crippen LogP contribution in [-0.2, 0) is 6.54 Å². The third-order valence-electron chi connectivity index (χ3n) is 5.23. The van der Waals surface area contributed by atoms with Crippen LogP contribution >= 0.6 is 11.3 Å². The fourth-order valence-electron chi connectivity index (χ4n) is 4.09. The van der Waals surface area contributed by atoms with Crippen LogP contribution in [0.4, 0.5) is 0 Å². The molecule has 126 valence electrons. The Hall–Kier alpha value is -1.79. The maximum Gasteiger partial charge on any atom is 0.274 e. The summed E-state index contributed by atoms with van der Waals surface area (Å²) in [6.07, 6.45) is 8.25. The Labute approximate surface area is 146 Å². The molecule has 0 bridgehead atoms. The summed E-state index contributed by atoms with van der Waals surface area (Å²) in [5.41, 5.74) is 2.12. The molecule has 2 aromatic rings. The summed E-state index contributed by atoms with van der Waals surface area (Å²) >= 11 is 1.76. The van der Waals surface area contributed by atoms with Crippen molar-refractivity contribution >= 4 is 17.2 Å². The van der Waals surface area contributed by atoms with E-state index >= 15 is 0 Å². The molecule has 1 atom stereocenters. The Morgan fingerprint density at radius 1 is 1.25 bits per heavy atom. The number of aromatic nitrogens is 2. The average molecular weight is 342 g/mol. The molecule has 2 aliphatic heterocycles. The number of nitrogens with zero attached hydrogens (tertiary/aromatic N) is 4. The molecule has 6 heteroatoms. The molecule has 2 aromatic heterocycles. The Bertz CT molecular complexity index is 690. The van der Waals surface area contributed by atoms with Crippen LogP contribution in [0.5, 0.6) is 0 Å². The van der Waals surface area contributed by atoms with Crippen molar-refractivity contribution in [3.63, 3.8) is 0 Å². The minimum atomic E-state index is 0.0264. The van der Waals surface area contributed by atoms with E-state index in [0.29, 0.717) is 5.69 Å². The number of hydrogen-bond donors (Lipinski definition) is 0. The number of carbonyl (C=O) groups excluding carboxylic acids is 1. The Morgan fingerprint density at radius 3 is 3.00 bits per heavy atom. The van der Waals surface area contributed by atoms with Crippen molar-refractivity contribution in [2.24, 2.45) is 5.41 Å². The first kappa shape index (κ1) is 15.7. The zero-order valence-electron chi connectivity index (χ0n) is 13.7. The summed E-state index contributed by atoms with van der Waals surface area (Å²) in [7, 11) is 0. The average Bonchev–Trinajstić information content (AvgIpc) is 3.26. The van der Waals surface area contributed by atoms with Crippen LogP contribution in [0, 0.1) is 5.41 Å². The maximum atomic E-state index is 12.7. The van der Waals surface area contributed by atoms with Crippen molar-refractivity contribution in [2.75, 3.05) is 26.2 Å². The molecule has 1 spiro atoms. The predicted molar refractivity (Wildman–Crippen MR) is 93.8 cm³/mol. The van der Waals surface area contributed by atoms with Crippen molar-refractivity contribution in [1.82, 2.24) is 19.8 Å². The fourth-order valence-corrected chi connectivity index (χ4v) is 4.75. The van der Waals surface area contributed by atoms with Gasteiger partial charge in [0.2, 0.25) is 0 Å². The smallest absolute Gasteiger partial charge is 0.274 e. The molecule has 2 saturated heterocycles. The van der Waals surface area contributed by atoms with Crippen LogP contribution < -0.4 is 0 Å². The summed E-state index contributed by atoms with van der Waals surface area (Å²) in [6, 6.07) is 2.21. The van der Waals surface area contributed by atoms with Gasteiger partial charge in [-0.25, -0.2) is 4.98 Å². The molecule has 0 radical (unpaired) electrons. The normalized spacial score (nSPS) is 24.6. The molecular weight excluding hydrogens is 320 g/mol. The lowest BCUT2D eigenvalue weighted by Gasteiger charge is -2.40. The van der Waals surface area contributed by atoms with E-state index in [1.54, 1.807) is 29.9 Å². The number of hydrogen-bond acceptors (Lipinski definition) is 5. The molecule has 0 aromatic carbocycles. The van der Waals surface area contributed by atoms with Crippen LogP contribution in [-0.4, -0.2) is 51.9 Å². The topological polar surface area (TPSA) is 49.3 Å². The summed E-state index contributed by atoms with van der Waals surface area (Å²) < 4.78 is 0. The van der Waals surface area contributed by atoms with Crippen molar-refractivity contribution in [3.05, 3.63) is 46.7 Å². The first-order valence-corrected chi connectivity index (χ1v) is 9.47. The van der Waals surface area contributed by atoms with Crippen LogP contribution in [0.25, 0.3) is 0 Å². The van der Waals surface area contributed by atoms with Crippen molar-refractivity contribution in [1.29, 1.82) is 0 Å². The summed E-state index contributed by atoms with van der Waals surface area (Å²) in [4.78, 5) is 25.4. The van der Waals surface area contributed by atoms with Crippen molar-refractivity contribution in [3.8, 4) is 0 Å². The lowest BCUT2D eigenvalue weighted by Crippen LogP contribution is -2.47. The van der Waals surface area contributed by atoms with Crippen LogP contribution in [0.1, 0.15) is 35.3 Å². The molecule has 0 N–H and O–H groups in total. The number of rotatable bonds is 3. The van der Waals surface area contributed by atoms with E-state index in [1.807, 2.05) is 4.90 Å². The SMILES string of the molecule is O=C(c1cnccn1)N1CCC[C@@]2(CCN(Cc3ccsc3)C2)C1. The van der Waals surface area contributed by atoms with E-state index < -0.39 is 0 Å². The minimum Gasteiger partial charge on any atom is -0.337 e. The quantitative estimate of drug-likeness (QED) is 0.860. The third kappa shape index (κ3) is 3.21. The van der Waals surface area contributed by atoms with E-state index in [1.165, 1.54) is 18.4 Å². The second-order valence-corrected chi connectivity index (χ2v) is 7.79. The van der Waals surface area contributed by atoms with Gasteiger partial charge in [-0.2, -0.15) is 11.3 Å². The van der Waals surface area contributed by atoms with Gasteiger partial charge in [0.1, 0.15) is 5.69 Å². The second-order valence-electron chi connectivity index (χ2n) is 7.01. The molecule has 5 nitrogen and oxygen atoms in total. The number of likely N-dealkylation sites (tertiary alicyclic amines) is 2. The van der Waals surface area contributed by atoms with Gasteiger partial charge in [-0.3, -0.25) is 14.7 Å². The van der Waals surface area contributed by atoms with E-state index in [0.717, 1.165) is 39.1 Å². The molecular formula is C18H22N4OS. The van der Waals surface area contributed by atoms with Gasteiger partial charge >= 0.3 is 0 Å². The maximum absolute atomic E-state index is 12.7. The molecule has 2 fully saturated rings. The molecule has 2 aliphatic rings. The van der Waals surface area contributed by atoms with Gasteiger partial charge in [-0.1, -0.05) is 0 Å². The van der Waals surface area contributed by atoms with Gasteiger partial charge in [-0.05, 0) is 48.2 Å². The number of thiophene rings is 1. The highest BCUT2D eigenvalue weighted by atomic mass is 32.1. The van der Waals surface area contributed by atoms with Crippen LogP contribution in [0.15, 0.2) is 35.4 Å². The summed E-state index contributed by atoms with van der Waals surface area (Å²) in [6.45, 7) is 4.93. The molecule has 0 unspecified atom stereocenters. The van der Waals surface area contributed by atoms with E-state index in [4.69, 9.17) is 0 Å². The second kappa shape index (κ2) is 6.61. The van der Waals surface area contributed by atoms with Gasteiger partial charge in [0.15, 0.2) is 0 Å². The Balaban J connectivity index is 1.42. The van der Waals surface area contributed by atoms with Gasteiger partial charge < -0.3 is 4.90 Å². The predicted octanol–water partition coefficient (Wildman–Crippen LogP) is 2.67. The zero-order chi connectivity index (χ0) is 16.4. The number of amides is 1. The fraction of sp³-hybridized carbons (Fsp3) is 0.500. The molecule has 0 aliphatic carbocycles. The van der Waals surface area contributed by atoms with Gasteiger partial charge in [-0.15, -0.1) is 0 Å². The van der Waals surface area contributed by atoms with Gasteiger partial charge in [0.25, 0.3) is 5.91 Å². The molecule has 1 amide bonds. The Morgan fingerprint density at radius 2 is 2.21 bits per heavy atom. The zero-order valence-corrected chi connectivity index (χ0v) is 14.5. The first-order chi connectivity index (χ1) is 11.7. The molecule has 4 heterocycles. The van der Waals surface area contributed by atoms with E-state index in [-0.39, 0.29) is 11.3 Å². The number of carbonyl (C=O) groups is 1. The molecule has 24 heavy (non-hydrogen) atoms. The highest BCUT2D eigenvalue weighted by Crippen LogP contribution is 2.39. The Kier molecular flexibility index (Phi) is 4.33. The lowest BCUT2D eigenvalue weighted by molar-refractivity contribution is 0.0521. The first-order valence-electron chi connectivity index (χ1n) is 8.53.